The van der Waals surface area contributed by atoms with Crippen molar-refractivity contribution in [2.45, 2.75) is 19.3 Å². The molecule has 2 rings (SSSR count). The van der Waals surface area contributed by atoms with Gasteiger partial charge in [-0.1, -0.05) is 11.6 Å². The summed E-state index contributed by atoms with van der Waals surface area (Å²) in [5.74, 6) is 1.32. The van der Waals surface area contributed by atoms with E-state index in [2.05, 4.69) is 0 Å². The summed E-state index contributed by atoms with van der Waals surface area (Å²) in [5.41, 5.74) is 1.08. The van der Waals surface area contributed by atoms with E-state index in [0.29, 0.717) is 22.9 Å². The van der Waals surface area contributed by atoms with E-state index in [1.54, 1.807) is 0 Å². The second-order valence-electron chi connectivity index (χ2n) is 3.37. The van der Waals surface area contributed by atoms with Crippen LogP contribution in [0.5, 0.6) is 11.5 Å². The third-order valence-electron chi connectivity index (χ3n) is 2.27. The van der Waals surface area contributed by atoms with Gasteiger partial charge in [-0.05, 0) is 30.5 Å². The van der Waals surface area contributed by atoms with E-state index in [4.69, 9.17) is 21.1 Å². The average Bonchev–Trinajstić information content (AvgIpc) is 2.66. The number of carbonyl (C=O) groups excluding carboxylic acids is 1. The lowest BCUT2D eigenvalue weighted by atomic mass is 10.1. The predicted octanol–water partition coefficient (Wildman–Crippen LogP) is 2.59. The number of rotatable bonds is 4. The Bertz CT molecular complexity index is 376. The Balaban J connectivity index is 2.13. The highest BCUT2D eigenvalue weighted by molar-refractivity contribution is 6.32. The molecule has 0 N–H and O–H groups in total. The van der Waals surface area contributed by atoms with Crippen LogP contribution >= 0.6 is 11.6 Å². The fraction of sp³-hybridized carbons (Fsp3) is 0.364. The first kappa shape index (κ1) is 10.3. The number of aryl methyl sites for hydroxylation is 1. The van der Waals surface area contributed by atoms with E-state index in [-0.39, 0.29) is 6.79 Å². The van der Waals surface area contributed by atoms with Crippen LogP contribution in [0.25, 0.3) is 0 Å². The zero-order chi connectivity index (χ0) is 10.7. The fourth-order valence-electron chi connectivity index (χ4n) is 1.55. The highest BCUT2D eigenvalue weighted by atomic mass is 35.5. The first-order valence-electron chi connectivity index (χ1n) is 4.83. The van der Waals surface area contributed by atoms with Gasteiger partial charge in [0.15, 0.2) is 11.5 Å². The van der Waals surface area contributed by atoms with Gasteiger partial charge in [0.2, 0.25) is 6.79 Å². The van der Waals surface area contributed by atoms with Gasteiger partial charge in [-0.15, -0.1) is 0 Å². The molecular weight excluding hydrogens is 216 g/mol. The molecule has 1 aliphatic rings. The van der Waals surface area contributed by atoms with Crippen molar-refractivity contribution in [2.24, 2.45) is 0 Å². The Kier molecular flexibility index (Phi) is 3.11. The van der Waals surface area contributed by atoms with Crippen LogP contribution in [0, 0.1) is 0 Å². The van der Waals surface area contributed by atoms with Gasteiger partial charge in [-0.2, -0.15) is 0 Å². The first-order valence-corrected chi connectivity index (χ1v) is 5.20. The molecule has 0 unspecified atom stereocenters. The van der Waals surface area contributed by atoms with E-state index >= 15 is 0 Å². The molecule has 1 aromatic rings. The largest absolute Gasteiger partial charge is 0.454 e. The van der Waals surface area contributed by atoms with Crippen molar-refractivity contribution < 1.29 is 14.3 Å². The van der Waals surface area contributed by atoms with Crippen LogP contribution in [0.15, 0.2) is 12.1 Å². The van der Waals surface area contributed by atoms with Crippen LogP contribution in [-0.4, -0.2) is 13.1 Å². The van der Waals surface area contributed by atoms with Crippen molar-refractivity contribution >= 4 is 17.9 Å². The number of unbranched alkanes of at least 4 members (excludes halogenated alkanes) is 1. The quantitative estimate of drug-likeness (QED) is 0.585. The summed E-state index contributed by atoms with van der Waals surface area (Å²) in [4.78, 5) is 10.2. The molecule has 0 aromatic heterocycles. The molecule has 3 nitrogen and oxygen atoms in total. The molecule has 0 amide bonds. The Hall–Kier alpha value is -1.22. The minimum atomic E-state index is 0.229. The molecule has 15 heavy (non-hydrogen) atoms. The second-order valence-corrected chi connectivity index (χ2v) is 3.78. The molecule has 4 heteroatoms. The van der Waals surface area contributed by atoms with Crippen molar-refractivity contribution in [3.63, 3.8) is 0 Å². The summed E-state index contributed by atoms with van der Waals surface area (Å²) >= 11 is 6.01. The number of hydrogen-bond acceptors (Lipinski definition) is 3. The molecule has 0 saturated carbocycles. The first-order chi connectivity index (χ1) is 7.31. The number of benzene rings is 1. The number of ether oxygens (including phenoxy) is 2. The van der Waals surface area contributed by atoms with Crippen LogP contribution in [0.3, 0.4) is 0 Å². The van der Waals surface area contributed by atoms with Crippen molar-refractivity contribution in [2.75, 3.05) is 6.79 Å². The predicted molar refractivity (Wildman–Crippen MR) is 56.6 cm³/mol. The zero-order valence-electron chi connectivity index (χ0n) is 8.16. The van der Waals surface area contributed by atoms with Crippen molar-refractivity contribution in [1.29, 1.82) is 0 Å². The van der Waals surface area contributed by atoms with Gasteiger partial charge in [0.1, 0.15) is 6.29 Å². The van der Waals surface area contributed by atoms with Crippen molar-refractivity contribution in [1.82, 2.24) is 0 Å². The van der Waals surface area contributed by atoms with E-state index in [1.807, 2.05) is 12.1 Å². The summed E-state index contributed by atoms with van der Waals surface area (Å²) in [6, 6.07) is 3.78. The summed E-state index contributed by atoms with van der Waals surface area (Å²) in [5, 5.41) is 0.575. The van der Waals surface area contributed by atoms with Crippen LogP contribution < -0.4 is 9.47 Å². The van der Waals surface area contributed by atoms with Crippen LogP contribution in [0.2, 0.25) is 5.02 Å². The average molecular weight is 227 g/mol. The summed E-state index contributed by atoms with van der Waals surface area (Å²) in [7, 11) is 0. The maximum absolute atomic E-state index is 10.2. The van der Waals surface area contributed by atoms with E-state index in [0.717, 1.165) is 24.7 Å². The van der Waals surface area contributed by atoms with Gasteiger partial charge in [-0.3, -0.25) is 0 Å². The summed E-state index contributed by atoms with van der Waals surface area (Å²) in [6.07, 6.45) is 3.16. The van der Waals surface area contributed by atoms with E-state index in [9.17, 15) is 4.79 Å². The SMILES string of the molecule is O=CCCCc1cc(Cl)c2c(c1)OCO2. The van der Waals surface area contributed by atoms with Gasteiger partial charge in [0, 0.05) is 6.42 Å². The summed E-state index contributed by atoms with van der Waals surface area (Å²) < 4.78 is 10.4. The van der Waals surface area contributed by atoms with Gasteiger partial charge in [-0.25, -0.2) is 0 Å². The van der Waals surface area contributed by atoms with Crippen molar-refractivity contribution in [3.05, 3.63) is 22.7 Å². The minimum absolute atomic E-state index is 0.229. The molecule has 0 bridgehead atoms. The summed E-state index contributed by atoms with van der Waals surface area (Å²) in [6.45, 7) is 0.229. The van der Waals surface area contributed by atoms with E-state index < -0.39 is 0 Å². The second kappa shape index (κ2) is 4.53. The van der Waals surface area contributed by atoms with Gasteiger partial charge < -0.3 is 14.3 Å². The van der Waals surface area contributed by atoms with Crippen molar-refractivity contribution in [3.8, 4) is 11.5 Å². The molecule has 0 aliphatic carbocycles. The monoisotopic (exact) mass is 226 g/mol. The molecule has 0 radical (unpaired) electrons. The molecule has 80 valence electrons. The lowest BCUT2D eigenvalue weighted by Gasteiger charge is -2.03. The molecule has 0 saturated heterocycles. The third kappa shape index (κ3) is 2.23. The van der Waals surface area contributed by atoms with Crippen LogP contribution in [-0.2, 0) is 11.2 Å². The van der Waals surface area contributed by atoms with E-state index in [1.165, 1.54) is 0 Å². The number of halogens is 1. The molecule has 0 atom stereocenters. The fourth-order valence-corrected chi connectivity index (χ4v) is 1.84. The Morgan fingerprint density at radius 1 is 1.40 bits per heavy atom. The highest BCUT2D eigenvalue weighted by Crippen LogP contribution is 2.39. The molecular formula is C11H11ClO3. The van der Waals surface area contributed by atoms with Crippen LogP contribution in [0.1, 0.15) is 18.4 Å². The molecule has 1 aromatic carbocycles. The standard InChI is InChI=1S/C11H11ClO3/c12-9-5-8(3-1-2-4-13)6-10-11(9)15-7-14-10/h4-6H,1-3,7H2. The highest BCUT2D eigenvalue weighted by Gasteiger charge is 2.17. The maximum Gasteiger partial charge on any atom is 0.231 e. The third-order valence-corrected chi connectivity index (χ3v) is 2.56. The number of carbonyl (C=O) groups is 1. The Labute approximate surface area is 92.9 Å². The topological polar surface area (TPSA) is 35.5 Å². The minimum Gasteiger partial charge on any atom is -0.454 e. The normalized spacial score (nSPS) is 12.9. The number of aldehydes is 1. The van der Waals surface area contributed by atoms with Gasteiger partial charge in [0.05, 0.1) is 5.02 Å². The lowest BCUT2D eigenvalue weighted by molar-refractivity contribution is -0.107. The maximum atomic E-state index is 10.2. The smallest absolute Gasteiger partial charge is 0.231 e. The lowest BCUT2D eigenvalue weighted by Crippen LogP contribution is -1.93. The molecule has 1 aliphatic heterocycles. The number of hydrogen-bond donors (Lipinski definition) is 0. The molecule has 1 heterocycles. The Morgan fingerprint density at radius 3 is 3.07 bits per heavy atom. The van der Waals surface area contributed by atoms with Gasteiger partial charge in [0.25, 0.3) is 0 Å². The van der Waals surface area contributed by atoms with Gasteiger partial charge >= 0.3 is 0 Å². The Morgan fingerprint density at radius 2 is 2.27 bits per heavy atom. The number of fused-ring (bicyclic) bond motifs is 1. The molecule has 0 spiro atoms. The van der Waals surface area contributed by atoms with Crippen LogP contribution in [0.4, 0.5) is 0 Å². The molecule has 0 fully saturated rings. The zero-order valence-corrected chi connectivity index (χ0v) is 8.92.